The highest BCUT2D eigenvalue weighted by Gasteiger charge is 2.19. The Morgan fingerprint density at radius 2 is 2.20 bits per heavy atom. The average molecular weight is 224 g/mol. The first-order valence-corrected chi connectivity index (χ1v) is 4.98. The van der Waals surface area contributed by atoms with Crippen LogP contribution in [0.3, 0.4) is 0 Å². The molecule has 0 aliphatic heterocycles. The number of aromatic carboxylic acids is 1. The molecule has 0 saturated heterocycles. The van der Waals surface area contributed by atoms with Crippen LogP contribution in [-0.2, 0) is 0 Å². The van der Waals surface area contributed by atoms with Crippen molar-refractivity contribution in [2.24, 2.45) is 0 Å². The number of methoxy groups -OCH3 is 1. The summed E-state index contributed by atoms with van der Waals surface area (Å²) in [5, 5.41) is 19.1. The topological polar surface area (TPSA) is 66.8 Å². The minimum absolute atomic E-state index is 0.0725. The van der Waals surface area contributed by atoms with Gasteiger partial charge in [-0.15, -0.1) is 11.3 Å². The highest BCUT2D eigenvalue weighted by atomic mass is 32.1. The Bertz CT molecular complexity index is 529. The van der Waals surface area contributed by atoms with Crippen LogP contribution < -0.4 is 4.74 Å². The molecule has 0 aliphatic carbocycles. The number of hydrogen-bond acceptors (Lipinski definition) is 4. The van der Waals surface area contributed by atoms with E-state index in [4.69, 9.17) is 9.84 Å². The molecule has 15 heavy (non-hydrogen) atoms. The molecule has 78 valence electrons. The summed E-state index contributed by atoms with van der Waals surface area (Å²) in [4.78, 5) is 11.0. The quantitative estimate of drug-likeness (QED) is 0.821. The molecule has 0 bridgehead atoms. The van der Waals surface area contributed by atoms with Crippen molar-refractivity contribution in [3.63, 3.8) is 0 Å². The second kappa shape index (κ2) is 3.43. The molecule has 0 aliphatic rings. The van der Waals surface area contributed by atoms with Gasteiger partial charge in [-0.3, -0.25) is 0 Å². The Balaban J connectivity index is 2.84. The average Bonchev–Trinajstić information content (AvgIpc) is 2.57. The SMILES string of the molecule is COc1c(C(=O)O)sc2c(O)cccc12. The predicted octanol–water partition coefficient (Wildman–Crippen LogP) is 2.31. The molecule has 2 aromatic rings. The number of phenolic OH excluding ortho intramolecular Hbond substituents is 1. The van der Waals surface area contributed by atoms with Gasteiger partial charge in [0.2, 0.25) is 0 Å². The summed E-state index contributed by atoms with van der Waals surface area (Å²) in [6.07, 6.45) is 0. The van der Waals surface area contributed by atoms with Crippen molar-refractivity contribution in [2.75, 3.05) is 7.11 Å². The maximum Gasteiger partial charge on any atom is 0.349 e. The van der Waals surface area contributed by atoms with Crippen LogP contribution in [0.25, 0.3) is 10.1 Å². The molecule has 0 atom stereocenters. The van der Waals surface area contributed by atoms with E-state index in [0.29, 0.717) is 15.8 Å². The van der Waals surface area contributed by atoms with Gasteiger partial charge in [-0.25, -0.2) is 4.79 Å². The summed E-state index contributed by atoms with van der Waals surface area (Å²) in [6.45, 7) is 0. The Hall–Kier alpha value is -1.75. The monoisotopic (exact) mass is 224 g/mol. The lowest BCUT2D eigenvalue weighted by atomic mass is 10.2. The highest BCUT2D eigenvalue weighted by Crippen LogP contribution is 2.41. The van der Waals surface area contributed by atoms with Crippen molar-refractivity contribution in [3.05, 3.63) is 23.1 Å². The first-order valence-electron chi connectivity index (χ1n) is 4.17. The van der Waals surface area contributed by atoms with Gasteiger partial charge in [-0.2, -0.15) is 0 Å². The number of phenols is 1. The van der Waals surface area contributed by atoms with Gasteiger partial charge < -0.3 is 14.9 Å². The van der Waals surface area contributed by atoms with E-state index in [1.807, 2.05) is 0 Å². The van der Waals surface area contributed by atoms with E-state index in [9.17, 15) is 9.90 Å². The van der Waals surface area contributed by atoms with Gasteiger partial charge in [0.15, 0.2) is 10.6 Å². The molecule has 0 spiro atoms. The van der Waals surface area contributed by atoms with Gasteiger partial charge in [0.05, 0.1) is 11.8 Å². The molecule has 2 N–H and O–H groups in total. The Kier molecular flexibility index (Phi) is 2.24. The maximum atomic E-state index is 10.9. The van der Waals surface area contributed by atoms with Gasteiger partial charge in [0.25, 0.3) is 0 Å². The number of hydrogen-bond donors (Lipinski definition) is 2. The number of rotatable bonds is 2. The fourth-order valence-electron chi connectivity index (χ4n) is 1.43. The van der Waals surface area contributed by atoms with E-state index in [2.05, 4.69) is 0 Å². The second-order valence-electron chi connectivity index (χ2n) is 2.92. The number of thiophene rings is 1. The summed E-state index contributed by atoms with van der Waals surface area (Å²) in [6, 6.07) is 4.89. The van der Waals surface area contributed by atoms with Gasteiger partial charge in [-0.1, -0.05) is 6.07 Å². The minimum Gasteiger partial charge on any atom is -0.506 e. The Labute approximate surface area is 89.3 Å². The summed E-state index contributed by atoms with van der Waals surface area (Å²) >= 11 is 1.01. The fraction of sp³-hybridized carbons (Fsp3) is 0.100. The van der Waals surface area contributed by atoms with Crippen LogP contribution in [0.2, 0.25) is 0 Å². The molecule has 1 heterocycles. The lowest BCUT2D eigenvalue weighted by Crippen LogP contribution is -1.95. The van der Waals surface area contributed by atoms with E-state index in [0.717, 1.165) is 11.3 Å². The molecule has 1 aromatic heterocycles. The standard InChI is InChI=1S/C10H8O4S/c1-14-7-5-3-2-4-6(11)8(5)15-9(7)10(12)13/h2-4,11H,1H3,(H,12,13). The van der Waals surface area contributed by atoms with Crippen LogP contribution in [-0.4, -0.2) is 23.3 Å². The van der Waals surface area contributed by atoms with Gasteiger partial charge >= 0.3 is 5.97 Å². The zero-order valence-corrected chi connectivity index (χ0v) is 8.67. The van der Waals surface area contributed by atoms with Crippen molar-refractivity contribution >= 4 is 27.4 Å². The van der Waals surface area contributed by atoms with Crippen molar-refractivity contribution in [1.29, 1.82) is 0 Å². The third-order valence-electron chi connectivity index (χ3n) is 2.05. The van der Waals surface area contributed by atoms with Gasteiger partial charge in [-0.05, 0) is 12.1 Å². The normalized spacial score (nSPS) is 10.5. The zero-order chi connectivity index (χ0) is 11.0. The molecule has 5 heteroatoms. The first-order chi connectivity index (χ1) is 7.15. The van der Waals surface area contributed by atoms with E-state index in [-0.39, 0.29) is 10.6 Å². The van der Waals surface area contributed by atoms with Crippen molar-refractivity contribution in [3.8, 4) is 11.5 Å². The van der Waals surface area contributed by atoms with E-state index in [1.54, 1.807) is 12.1 Å². The maximum absolute atomic E-state index is 10.9. The zero-order valence-electron chi connectivity index (χ0n) is 7.85. The Morgan fingerprint density at radius 3 is 2.80 bits per heavy atom. The van der Waals surface area contributed by atoms with Crippen LogP contribution in [0, 0.1) is 0 Å². The fourth-order valence-corrected chi connectivity index (χ4v) is 2.45. The summed E-state index contributed by atoms with van der Waals surface area (Å²) in [7, 11) is 1.41. The molecule has 0 fully saturated rings. The van der Waals surface area contributed by atoms with Crippen molar-refractivity contribution in [1.82, 2.24) is 0 Å². The van der Waals surface area contributed by atoms with E-state index >= 15 is 0 Å². The van der Waals surface area contributed by atoms with Crippen LogP contribution in [0.4, 0.5) is 0 Å². The third-order valence-corrected chi connectivity index (χ3v) is 3.24. The van der Waals surface area contributed by atoms with E-state index < -0.39 is 5.97 Å². The predicted molar refractivity (Wildman–Crippen MR) is 57.0 cm³/mol. The van der Waals surface area contributed by atoms with Crippen LogP contribution >= 0.6 is 11.3 Å². The smallest absolute Gasteiger partial charge is 0.349 e. The third kappa shape index (κ3) is 1.41. The van der Waals surface area contributed by atoms with Gasteiger partial charge in [0, 0.05) is 5.39 Å². The molecular formula is C10H8O4S. The van der Waals surface area contributed by atoms with Crippen LogP contribution in [0.5, 0.6) is 11.5 Å². The van der Waals surface area contributed by atoms with E-state index in [1.165, 1.54) is 13.2 Å². The second-order valence-corrected chi connectivity index (χ2v) is 3.94. The Morgan fingerprint density at radius 1 is 1.47 bits per heavy atom. The summed E-state index contributed by atoms with van der Waals surface area (Å²) in [5.41, 5.74) is 0. The number of ether oxygens (including phenoxy) is 1. The molecule has 2 rings (SSSR count). The lowest BCUT2D eigenvalue weighted by molar-refractivity contribution is 0.0699. The minimum atomic E-state index is -1.05. The van der Waals surface area contributed by atoms with Crippen LogP contribution in [0.15, 0.2) is 18.2 Å². The largest absolute Gasteiger partial charge is 0.506 e. The summed E-state index contributed by atoms with van der Waals surface area (Å²) < 4.78 is 5.57. The molecule has 1 aromatic carbocycles. The number of aromatic hydroxyl groups is 1. The molecule has 0 radical (unpaired) electrons. The number of fused-ring (bicyclic) bond motifs is 1. The van der Waals surface area contributed by atoms with Crippen molar-refractivity contribution in [2.45, 2.75) is 0 Å². The number of carboxylic acid groups (broad SMARTS) is 1. The van der Waals surface area contributed by atoms with Crippen LogP contribution in [0.1, 0.15) is 9.67 Å². The molecule has 4 nitrogen and oxygen atoms in total. The molecule has 0 amide bonds. The molecule has 0 saturated carbocycles. The first kappa shape index (κ1) is 9.79. The summed E-state index contributed by atoms with van der Waals surface area (Å²) in [5.74, 6) is -0.672. The van der Waals surface area contributed by atoms with Crippen molar-refractivity contribution < 1.29 is 19.7 Å². The number of benzene rings is 1. The number of carboxylic acids is 1. The number of carbonyl (C=O) groups is 1. The highest BCUT2D eigenvalue weighted by molar-refractivity contribution is 7.21. The molecule has 0 unspecified atom stereocenters. The molecular weight excluding hydrogens is 216 g/mol. The van der Waals surface area contributed by atoms with Gasteiger partial charge in [0.1, 0.15) is 5.75 Å². The lowest BCUT2D eigenvalue weighted by Gasteiger charge is -1.98.